The first-order chi connectivity index (χ1) is 4.50. The second-order valence-corrected chi connectivity index (χ2v) is 4.27. The molecule has 0 aromatic carbocycles. The highest BCUT2D eigenvalue weighted by atomic mass is 16.3. The molecule has 0 aromatic rings. The molecule has 0 heterocycles. The van der Waals surface area contributed by atoms with E-state index in [1.165, 1.54) is 19.3 Å². The summed E-state index contributed by atoms with van der Waals surface area (Å²) in [5, 5.41) is 9.64. The summed E-state index contributed by atoms with van der Waals surface area (Å²) in [6, 6.07) is 0. The molecule has 1 heteroatoms. The summed E-state index contributed by atoms with van der Waals surface area (Å²) in [4.78, 5) is 0. The van der Waals surface area contributed by atoms with Crippen LogP contribution >= 0.6 is 0 Å². The van der Waals surface area contributed by atoms with Gasteiger partial charge in [0.2, 0.25) is 0 Å². The van der Waals surface area contributed by atoms with Crippen LogP contribution in [0.3, 0.4) is 0 Å². The fourth-order valence-electron chi connectivity index (χ4n) is 1.85. The zero-order valence-electron chi connectivity index (χ0n) is 7.22. The van der Waals surface area contributed by atoms with Crippen molar-refractivity contribution in [3.05, 3.63) is 0 Å². The van der Waals surface area contributed by atoms with E-state index in [2.05, 4.69) is 6.92 Å². The Labute approximate surface area is 63.4 Å². The van der Waals surface area contributed by atoms with Gasteiger partial charge in [-0.3, -0.25) is 0 Å². The van der Waals surface area contributed by atoms with E-state index in [4.69, 9.17) is 0 Å². The Kier molecular flexibility index (Phi) is 2.04. The average Bonchev–Trinajstić information content (AvgIpc) is 2.11. The first-order valence-electron chi connectivity index (χ1n) is 4.22. The van der Waals surface area contributed by atoms with Crippen LogP contribution in [0.2, 0.25) is 0 Å². The summed E-state index contributed by atoms with van der Waals surface area (Å²) in [6.45, 7) is 6.12. The van der Waals surface area contributed by atoms with Crippen LogP contribution in [0.5, 0.6) is 0 Å². The maximum Gasteiger partial charge on any atom is 0.0619 e. The molecule has 1 fully saturated rings. The van der Waals surface area contributed by atoms with Gasteiger partial charge in [0.25, 0.3) is 0 Å². The SMILES string of the molecule is CC1CCC(C(C)(C)O)C1. The molecule has 1 N–H and O–H groups in total. The van der Waals surface area contributed by atoms with Crippen molar-refractivity contribution in [2.45, 2.75) is 45.6 Å². The van der Waals surface area contributed by atoms with Crippen LogP contribution in [0, 0.1) is 11.8 Å². The highest BCUT2D eigenvalue weighted by Gasteiger charge is 2.32. The molecule has 0 aliphatic heterocycles. The Balaban J connectivity index is 2.45. The molecular weight excluding hydrogens is 124 g/mol. The Bertz CT molecular complexity index is 112. The van der Waals surface area contributed by atoms with Gasteiger partial charge in [-0.05, 0) is 38.5 Å². The minimum absolute atomic E-state index is 0.440. The van der Waals surface area contributed by atoms with Gasteiger partial charge in [0.15, 0.2) is 0 Å². The van der Waals surface area contributed by atoms with Crippen LogP contribution < -0.4 is 0 Å². The monoisotopic (exact) mass is 142 g/mol. The van der Waals surface area contributed by atoms with Gasteiger partial charge in [-0.25, -0.2) is 0 Å². The van der Waals surface area contributed by atoms with E-state index in [1.54, 1.807) is 0 Å². The lowest BCUT2D eigenvalue weighted by Gasteiger charge is -2.25. The highest BCUT2D eigenvalue weighted by molar-refractivity contribution is 4.83. The summed E-state index contributed by atoms with van der Waals surface area (Å²) in [5.74, 6) is 1.37. The molecule has 1 aliphatic carbocycles. The molecule has 0 aromatic heterocycles. The zero-order chi connectivity index (χ0) is 7.78. The molecular formula is C9H18O. The van der Waals surface area contributed by atoms with E-state index < -0.39 is 5.60 Å². The summed E-state index contributed by atoms with van der Waals surface area (Å²) in [7, 11) is 0. The van der Waals surface area contributed by atoms with Gasteiger partial charge in [0, 0.05) is 0 Å². The summed E-state index contributed by atoms with van der Waals surface area (Å²) >= 11 is 0. The van der Waals surface area contributed by atoms with Crippen LogP contribution in [0.25, 0.3) is 0 Å². The lowest BCUT2D eigenvalue weighted by molar-refractivity contribution is 0.0186. The molecule has 60 valence electrons. The Hall–Kier alpha value is -0.0400. The fraction of sp³-hybridized carbons (Fsp3) is 1.00. The summed E-state index contributed by atoms with van der Waals surface area (Å²) < 4.78 is 0. The third-order valence-electron chi connectivity index (χ3n) is 2.69. The average molecular weight is 142 g/mol. The van der Waals surface area contributed by atoms with Gasteiger partial charge in [-0.2, -0.15) is 0 Å². The second kappa shape index (κ2) is 2.54. The molecule has 1 nitrogen and oxygen atoms in total. The second-order valence-electron chi connectivity index (χ2n) is 4.27. The van der Waals surface area contributed by atoms with Crippen LogP contribution in [-0.4, -0.2) is 10.7 Å². The molecule has 0 spiro atoms. The van der Waals surface area contributed by atoms with Crippen molar-refractivity contribution in [2.24, 2.45) is 11.8 Å². The van der Waals surface area contributed by atoms with E-state index in [0.29, 0.717) is 5.92 Å². The smallest absolute Gasteiger partial charge is 0.0619 e. The number of hydrogen-bond donors (Lipinski definition) is 1. The Morgan fingerprint density at radius 3 is 2.10 bits per heavy atom. The highest BCUT2D eigenvalue weighted by Crippen LogP contribution is 2.36. The first kappa shape index (κ1) is 8.06. The lowest BCUT2D eigenvalue weighted by Crippen LogP contribution is -2.28. The van der Waals surface area contributed by atoms with Crippen molar-refractivity contribution >= 4 is 0 Å². The van der Waals surface area contributed by atoms with Crippen LogP contribution in [-0.2, 0) is 0 Å². The summed E-state index contributed by atoms with van der Waals surface area (Å²) in [5.41, 5.74) is -0.440. The molecule has 1 aliphatic rings. The van der Waals surface area contributed by atoms with E-state index in [1.807, 2.05) is 13.8 Å². The number of hydrogen-bond acceptors (Lipinski definition) is 1. The minimum atomic E-state index is -0.440. The molecule has 10 heavy (non-hydrogen) atoms. The predicted molar refractivity (Wildman–Crippen MR) is 42.8 cm³/mol. The molecule has 0 bridgehead atoms. The normalized spacial score (nSPS) is 34.8. The molecule has 1 rings (SSSR count). The molecule has 1 saturated carbocycles. The third kappa shape index (κ3) is 1.72. The van der Waals surface area contributed by atoms with Gasteiger partial charge in [0.05, 0.1) is 5.60 Å². The maximum absolute atomic E-state index is 9.64. The third-order valence-corrected chi connectivity index (χ3v) is 2.69. The van der Waals surface area contributed by atoms with Gasteiger partial charge in [-0.1, -0.05) is 13.3 Å². The first-order valence-corrected chi connectivity index (χ1v) is 4.22. The topological polar surface area (TPSA) is 20.2 Å². The molecule has 2 atom stereocenters. The standard InChI is InChI=1S/C9H18O/c1-7-4-5-8(6-7)9(2,3)10/h7-8,10H,4-6H2,1-3H3. The quantitative estimate of drug-likeness (QED) is 0.595. The molecule has 0 radical (unpaired) electrons. The number of aliphatic hydroxyl groups is 1. The minimum Gasteiger partial charge on any atom is -0.390 e. The summed E-state index contributed by atoms with van der Waals surface area (Å²) in [6.07, 6.45) is 3.73. The predicted octanol–water partition coefficient (Wildman–Crippen LogP) is 2.19. The van der Waals surface area contributed by atoms with Crippen LogP contribution in [0.1, 0.15) is 40.0 Å². The van der Waals surface area contributed by atoms with Crippen molar-refractivity contribution < 1.29 is 5.11 Å². The van der Waals surface area contributed by atoms with E-state index in [-0.39, 0.29) is 0 Å². The van der Waals surface area contributed by atoms with E-state index in [9.17, 15) is 5.11 Å². The van der Waals surface area contributed by atoms with Crippen molar-refractivity contribution in [1.82, 2.24) is 0 Å². The maximum atomic E-state index is 9.64. The van der Waals surface area contributed by atoms with E-state index in [0.717, 1.165) is 5.92 Å². The fourth-order valence-corrected chi connectivity index (χ4v) is 1.85. The van der Waals surface area contributed by atoms with Crippen molar-refractivity contribution in [3.8, 4) is 0 Å². The van der Waals surface area contributed by atoms with Crippen LogP contribution in [0.15, 0.2) is 0 Å². The van der Waals surface area contributed by atoms with Gasteiger partial charge >= 0.3 is 0 Å². The van der Waals surface area contributed by atoms with E-state index >= 15 is 0 Å². The Morgan fingerprint density at radius 1 is 1.30 bits per heavy atom. The van der Waals surface area contributed by atoms with Crippen molar-refractivity contribution in [2.75, 3.05) is 0 Å². The zero-order valence-corrected chi connectivity index (χ0v) is 7.22. The Morgan fingerprint density at radius 2 is 1.90 bits per heavy atom. The van der Waals surface area contributed by atoms with Crippen LogP contribution in [0.4, 0.5) is 0 Å². The van der Waals surface area contributed by atoms with Crippen molar-refractivity contribution in [1.29, 1.82) is 0 Å². The van der Waals surface area contributed by atoms with Gasteiger partial charge in [0.1, 0.15) is 0 Å². The van der Waals surface area contributed by atoms with Gasteiger partial charge in [-0.15, -0.1) is 0 Å². The molecule has 0 amide bonds. The molecule has 0 saturated heterocycles. The van der Waals surface area contributed by atoms with Gasteiger partial charge < -0.3 is 5.11 Å². The van der Waals surface area contributed by atoms with Crippen molar-refractivity contribution in [3.63, 3.8) is 0 Å². The largest absolute Gasteiger partial charge is 0.390 e. The number of rotatable bonds is 1. The lowest BCUT2D eigenvalue weighted by atomic mass is 9.89. The molecule has 2 unspecified atom stereocenters.